The van der Waals surface area contributed by atoms with Gasteiger partial charge in [-0.05, 0) is 17.2 Å². The van der Waals surface area contributed by atoms with Gasteiger partial charge in [0.15, 0.2) is 0 Å². The first-order chi connectivity index (χ1) is 10.6. The molecule has 1 aliphatic heterocycles. The number of nitrogens with zero attached hydrogens (tertiary/aromatic N) is 1. The molecule has 22 heavy (non-hydrogen) atoms. The van der Waals surface area contributed by atoms with Gasteiger partial charge in [0.05, 0.1) is 0 Å². The summed E-state index contributed by atoms with van der Waals surface area (Å²) >= 11 is 0. The Morgan fingerprint density at radius 2 is 1.77 bits per heavy atom. The molecule has 0 radical (unpaired) electrons. The molecule has 0 spiro atoms. The van der Waals surface area contributed by atoms with E-state index >= 15 is 0 Å². The van der Waals surface area contributed by atoms with E-state index in [1.165, 1.54) is 0 Å². The Morgan fingerprint density at radius 3 is 2.50 bits per heavy atom. The van der Waals surface area contributed by atoms with E-state index in [0.717, 1.165) is 17.4 Å². The van der Waals surface area contributed by atoms with Crippen LogP contribution in [0.1, 0.15) is 34.8 Å². The molecule has 0 aliphatic carbocycles. The predicted octanol–water partition coefficient (Wildman–Crippen LogP) is 3.19. The van der Waals surface area contributed by atoms with Crippen molar-refractivity contribution in [3.63, 3.8) is 0 Å². The number of hydrogen-bond donors (Lipinski definition) is 0. The van der Waals surface area contributed by atoms with Crippen LogP contribution in [0.25, 0.3) is 0 Å². The van der Waals surface area contributed by atoms with Crippen LogP contribution >= 0.6 is 0 Å². The average molecular weight is 293 g/mol. The van der Waals surface area contributed by atoms with Crippen LogP contribution in [0.4, 0.5) is 0 Å². The number of fused-ring (bicyclic) bond motifs is 1. The highest BCUT2D eigenvalue weighted by Crippen LogP contribution is 2.36. The van der Waals surface area contributed by atoms with Gasteiger partial charge in [-0.15, -0.1) is 0 Å². The molecule has 1 unspecified atom stereocenters. The Hall–Kier alpha value is -2.42. The number of rotatable bonds is 4. The molecule has 1 atom stereocenters. The molecule has 0 saturated heterocycles. The van der Waals surface area contributed by atoms with E-state index < -0.39 is 0 Å². The van der Waals surface area contributed by atoms with Gasteiger partial charge in [-0.1, -0.05) is 55.5 Å². The molecule has 112 valence electrons. The topological polar surface area (TPSA) is 37.4 Å². The van der Waals surface area contributed by atoms with Gasteiger partial charge in [-0.2, -0.15) is 0 Å². The molecular formula is C19H19NO2. The summed E-state index contributed by atoms with van der Waals surface area (Å²) in [4.78, 5) is 25.7. The average Bonchev–Trinajstić information content (AvgIpc) is 2.54. The second-order valence-electron chi connectivity index (χ2n) is 6.12. The van der Waals surface area contributed by atoms with Crippen LogP contribution in [-0.2, 0) is 16.8 Å². The minimum absolute atomic E-state index is 0.0443. The lowest BCUT2D eigenvalue weighted by atomic mass is 9.74. The molecule has 0 bridgehead atoms. The fourth-order valence-electron chi connectivity index (χ4n) is 3.23. The van der Waals surface area contributed by atoms with E-state index in [1.807, 2.05) is 59.5 Å². The van der Waals surface area contributed by atoms with E-state index in [-0.39, 0.29) is 11.3 Å². The minimum Gasteiger partial charge on any atom is -0.333 e. The normalized spacial score (nSPS) is 20.6. The summed E-state index contributed by atoms with van der Waals surface area (Å²) in [5, 5.41) is 0. The van der Waals surface area contributed by atoms with Crippen LogP contribution in [0.2, 0.25) is 0 Å². The second kappa shape index (κ2) is 5.76. The molecule has 2 aromatic rings. The molecule has 1 aliphatic rings. The third kappa shape index (κ3) is 2.54. The van der Waals surface area contributed by atoms with Gasteiger partial charge in [-0.25, -0.2) is 0 Å². The predicted molar refractivity (Wildman–Crippen MR) is 85.7 cm³/mol. The molecule has 0 aromatic heterocycles. The summed E-state index contributed by atoms with van der Waals surface area (Å²) in [7, 11) is 0. The van der Waals surface area contributed by atoms with Gasteiger partial charge in [0, 0.05) is 30.5 Å². The smallest absolute Gasteiger partial charge is 0.254 e. The first-order valence-electron chi connectivity index (χ1n) is 7.50. The van der Waals surface area contributed by atoms with Gasteiger partial charge >= 0.3 is 0 Å². The monoisotopic (exact) mass is 293 g/mol. The summed E-state index contributed by atoms with van der Waals surface area (Å²) in [6.45, 7) is 3.20. The van der Waals surface area contributed by atoms with Crippen LogP contribution in [0.5, 0.6) is 0 Å². The van der Waals surface area contributed by atoms with Gasteiger partial charge in [0.1, 0.15) is 6.29 Å². The van der Waals surface area contributed by atoms with Crippen molar-refractivity contribution in [1.82, 2.24) is 4.90 Å². The lowest BCUT2D eigenvalue weighted by Crippen LogP contribution is -2.47. The fraction of sp³-hybridized carbons (Fsp3) is 0.263. The molecule has 1 heterocycles. The van der Waals surface area contributed by atoms with Crippen molar-refractivity contribution in [1.29, 1.82) is 0 Å². The summed E-state index contributed by atoms with van der Waals surface area (Å²) in [5.41, 5.74) is 2.48. The van der Waals surface area contributed by atoms with E-state index in [2.05, 4.69) is 6.92 Å². The minimum atomic E-state index is -0.318. The van der Waals surface area contributed by atoms with Crippen molar-refractivity contribution in [2.75, 3.05) is 6.54 Å². The van der Waals surface area contributed by atoms with Crippen molar-refractivity contribution in [2.24, 2.45) is 0 Å². The van der Waals surface area contributed by atoms with Crippen LogP contribution in [0, 0.1) is 0 Å². The third-order valence-electron chi connectivity index (χ3n) is 4.38. The maximum Gasteiger partial charge on any atom is 0.254 e. The zero-order chi connectivity index (χ0) is 15.6. The SMILES string of the molecule is CC1(CC=O)CN(Cc2ccccc2)C(=O)c2ccccc21. The van der Waals surface area contributed by atoms with Crippen molar-refractivity contribution in [2.45, 2.75) is 25.3 Å². The highest BCUT2D eigenvalue weighted by atomic mass is 16.2. The summed E-state index contributed by atoms with van der Waals surface area (Å²) in [6, 6.07) is 17.6. The highest BCUT2D eigenvalue weighted by molar-refractivity contribution is 5.97. The Bertz CT molecular complexity index is 696. The molecule has 0 N–H and O–H groups in total. The molecule has 0 fully saturated rings. The standard InChI is InChI=1S/C19H19NO2/c1-19(11-12-21)14-20(13-15-7-3-2-4-8-15)18(22)16-9-5-6-10-17(16)19/h2-10,12H,11,13-14H2,1H3. The van der Waals surface area contributed by atoms with Crippen molar-refractivity contribution >= 4 is 12.2 Å². The Labute approximate surface area is 130 Å². The fourth-order valence-corrected chi connectivity index (χ4v) is 3.23. The maximum absolute atomic E-state index is 12.8. The third-order valence-corrected chi connectivity index (χ3v) is 4.38. The second-order valence-corrected chi connectivity index (χ2v) is 6.12. The quantitative estimate of drug-likeness (QED) is 0.812. The molecule has 3 heteroatoms. The number of amides is 1. The van der Waals surface area contributed by atoms with Gasteiger partial charge in [-0.3, -0.25) is 4.79 Å². The number of benzene rings is 2. The Kier molecular flexibility index (Phi) is 3.80. The Balaban J connectivity index is 1.98. The van der Waals surface area contributed by atoms with E-state index in [9.17, 15) is 9.59 Å². The van der Waals surface area contributed by atoms with Crippen molar-refractivity contribution in [3.8, 4) is 0 Å². The largest absolute Gasteiger partial charge is 0.333 e. The summed E-state index contributed by atoms with van der Waals surface area (Å²) in [6.07, 6.45) is 1.37. The van der Waals surface area contributed by atoms with Crippen LogP contribution in [0.15, 0.2) is 54.6 Å². The number of hydrogen-bond acceptors (Lipinski definition) is 2. The zero-order valence-corrected chi connectivity index (χ0v) is 12.7. The van der Waals surface area contributed by atoms with Crippen LogP contribution < -0.4 is 0 Å². The van der Waals surface area contributed by atoms with Crippen molar-refractivity contribution in [3.05, 3.63) is 71.3 Å². The lowest BCUT2D eigenvalue weighted by Gasteiger charge is -2.41. The molecule has 1 amide bonds. The van der Waals surface area contributed by atoms with Crippen LogP contribution in [-0.4, -0.2) is 23.6 Å². The molecular weight excluding hydrogens is 274 g/mol. The number of carbonyl (C=O) groups is 2. The molecule has 0 saturated carbocycles. The Morgan fingerprint density at radius 1 is 1.09 bits per heavy atom. The number of carbonyl (C=O) groups excluding carboxylic acids is 2. The number of aldehydes is 1. The van der Waals surface area contributed by atoms with Crippen molar-refractivity contribution < 1.29 is 9.59 Å². The van der Waals surface area contributed by atoms with Crippen LogP contribution in [0.3, 0.4) is 0 Å². The van der Waals surface area contributed by atoms with Gasteiger partial charge in [0.25, 0.3) is 5.91 Å². The molecule has 3 rings (SSSR count). The summed E-state index contributed by atoms with van der Waals surface area (Å²) in [5.74, 6) is 0.0443. The highest BCUT2D eigenvalue weighted by Gasteiger charge is 2.39. The molecule has 2 aromatic carbocycles. The first-order valence-corrected chi connectivity index (χ1v) is 7.50. The van der Waals surface area contributed by atoms with E-state index in [4.69, 9.17) is 0 Å². The van der Waals surface area contributed by atoms with Gasteiger partial charge < -0.3 is 9.69 Å². The maximum atomic E-state index is 12.8. The zero-order valence-electron chi connectivity index (χ0n) is 12.7. The molecule has 3 nitrogen and oxygen atoms in total. The van der Waals surface area contributed by atoms with E-state index in [1.54, 1.807) is 0 Å². The summed E-state index contributed by atoms with van der Waals surface area (Å²) < 4.78 is 0. The van der Waals surface area contributed by atoms with E-state index in [0.29, 0.717) is 25.1 Å². The van der Waals surface area contributed by atoms with Gasteiger partial charge in [0.2, 0.25) is 0 Å². The lowest BCUT2D eigenvalue weighted by molar-refractivity contribution is -0.109. The first kappa shape index (κ1) is 14.5.